The number of piperazine rings is 1. The second-order valence-corrected chi connectivity index (χ2v) is 5.32. The summed E-state index contributed by atoms with van der Waals surface area (Å²) in [4.78, 5) is 26.6. The van der Waals surface area contributed by atoms with Gasteiger partial charge in [-0.15, -0.1) is 0 Å². The zero-order chi connectivity index (χ0) is 15.6. The van der Waals surface area contributed by atoms with Gasteiger partial charge in [-0.05, 0) is 19.1 Å². The molecule has 1 atom stereocenters. The molecule has 0 bridgehead atoms. The molecule has 2 rings (SSSR count). The molecule has 1 fully saturated rings. The summed E-state index contributed by atoms with van der Waals surface area (Å²) in [5.41, 5.74) is 0.136. The molecule has 114 valence electrons. The molecule has 0 aromatic heterocycles. The van der Waals surface area contributed by atoms with Gasteiger partial charge in [0.25, 0.3) is 5.91 Å². The van der Waals surface area contributed by atoms with E-state index in [1.807, 2.05) is 0 Å². The minimum absolute atomic E-state index is 0.136. The molecule has 1 saturated heterocycles. The van der Waals surface area contributed by atoms with E-state index in [9.17, 15) is 14.0 Å². The largest absolute Gasteiger partial charge is 0.480 e. The Kier molecular flexibility index (Phi) is 4.80. The molecule has 21 heavy (non-hydrogen) atoms. The average Bonchev–Trinajstić information content (AvgIpc) is 2.48. The Labute approximate surface area is 126 Å². The Morgan fingerprint density at radius 2 is 1.90 bits per heavy atom. The molecule has 0 spiro atoms. The highest BCUT2D eigenvalue weighted by molar-refractivity contribution is 6.34. The number of hydrogen-bond acceptors (Lipinski definition) is 3. The van der Waals surface area contributed by atoms with Gasteiger partial charge in [-0.25, -0.2) is 4.39 Å². The van der Waals surface area contributed by atoms with Crippen LogP contribution in [0.3, 0.4) is 0 Å². The maximum Gasteiger partial charge on any atom is 0.320 e. The number of carbonyl (C=O) groups is 2. The number of carboxylic acid groups (broad SMARTS) is 1. The predicted molar refractivity (Wildman–Crippen MR) is 76.0 cm³/mol. The first kappa shape index (κ1) is 15.7. The summed E-state index contributed by atoms with van der Waals surface area (Å²) in [6.07, 6.45) is 0. The minimum atomic E-state index is -0.886. The van der Waals surface area contributed by atoms with E-state index < -0.39 is 17.8 Å². The number of halogens is 2. The van der Waals surface area contributed by atoms with Gasteiger partial charge in [0.2, 0.25) is 0 Å². The Morgan fingerprint density at radius 3 is 2.48 bits per heavy atom. The standard InChI is InChI=1S/C14H16ClFN2O3/c1-9(14(20)21)17-5-7-18(8-6-17)13(19)10-3-2-4-11(16)12(10)15/h2-4,9H,5-8H2,1H3,(H,20,21). The van der Waals surface area contributed by atoms with E-state index in [0.717, 1.165) is 0 Å². The van der Waals surface area contributed by atoms with Crippen LogP contribution in [0.25, 0.3) is 0 Å². The third-order valence-electron chi connectivity index (χ3n) is 3.69. The molecule has 0 radical (unpaired) electrons. The number of hydrogen-bond donors (Lipinski definition) is 1. The highest BCUT2D eigenvalue weighted by Crippen LogP contribution is 2.22. The van der Waals surface area contributed by atoms with Gasteiger partial charge in [-0.2, -0.15) is 0 Å². The van der Waals surface area contributed by atoms with Crippen molar-refractivity contribution in [2.24, 2.45) is 0 Å². The van der Waals surface area contributed by atoms with Crippen molar-refractivity contribution in [3.63, 3.8) is 0 Å². The lowest BCUT2D eigenvalue weighted by atomic mass is 10.1. The van der Waals surface area contributed by atoms with Gasteiger partial charge in [-0.1, -0.05) is 17.7 Å². The van der Waals surface area contributed by atoms with Crippen molar-refractivity contribution in [2.75, 3.05) is 26.2 Å². The molecule has 1 N–H and O–H groups in total. The quantitative estimate of drug-likeness (QED) is 0.922. The van der Waals surface area contributed by atoms with Crippen molar-refractivity contribution in [2.45, 2.75) is 13.0 Å². The van der Waals surface area contributed by atoms with E-state index in [4.69, 9.17) is 16.7 Å². The van der Waals surface area contributed by atoms with Crippen molar-refractivity contribution in [1.29, 1.82) is 0 Å². The lowest BCUT2D eigenvalue weighted by Gasteiger charge is -2.36. The first-order valence-corrected chi connectivity index (χ1v) is 6.99. The number of benzene rings is 1. The van der Waals surface area contributed by atoms with Crippen LogP contribution >= 0.6 is 11.6 Å². The number of carboxylic acids is 1. The van der Waals surface area contributed by atoms with Crippen LogP contribution in [-0.2, 0) is 4.79 Å². The van der Waals surface area contributed by atoms with Gasteiger partial charge >= 0.3 is 5.97 Å². The topological polar surface area (TPSA) is 60.9 Å². The van der Waals surface area contributed by atoms with Crippen molar-refractivity contribution in [3.8, 4) is 0 Å². The first-order valence-electron chi connectivity index (χ1n) is 6.62. The first-order chi connectivity index (χ1) is 9.91. The van der Waals surface area contributed by atoms with Gasteiger partial charge in [0.05, 0.1) is 10.6 Å². The third-order valence-corrected chi connectivity index (χ3v) is 4.07. The molecule has 5 nitrogen and oxygen atoms in total. The van der Waals surface area contributed by atoms with Gasteiger partial charge in [0, 0.05) is 26.2 Å². The average molecular weight is 315 g/mol. The molecule has 1 heterocycles. The van der Waals surface area contributed by atoms with Crippen LogP contribution in [0.4, 0.5) is 4.39 Å². The highest BCUT2D eigenvalue weighted by Gasteiger charge is 2.28. The van der Waals surface area contributed by atoms with Crippen LogP contribution in [0, 0.1) is 5.82 Å². The van der Waals surface area contributed by atoms with Crippen molar-refractivity contribution < 1.29 is 19.1 Å². The second-order valence-electron chi connectivity index (χ2n) is 4.94. The predicted octanol–water partition coefficient (Wildman–Crippen LogP) is 1.71. The Bertz CT molecular complexity index is 559. The minimum Gasteiger partial charge on any atom is -0.480 e. The summed E-state index contributed by atoms with van der Waals surface area (Å²) >= 11 is 5.82. The zero-order valence-corrected chi connectivity index (χ0v) is 12.3. The molecule has 1 amide bonds. The van der Waals surface area contributed by atoms with E-state index in [0.29, 0.717) is 26.2 Å². The van der Waals surface area contributed by atoms with E-state index in [1.54, 1.807) is 16.7 Å². The summed E-state index contributed by atoms with van der Waals surface area (Å²) in [7, 11) is 0. The van der Waals surface area contributed by atoms with Crippen LogP contribution in [0.2, 0.25) is 5.02 Å². The molecule has 1 unspecified atom stereocenters. The van der Waals surface area contributed by atoms with Gasteiger partial charge < -0.3 is 10.0 Å². The summed E-state index contributed by atoms with van der Waals surface area (Å²) in [6.45, 7) is 3.33. The van der Waals surface area contributed by atoms with Crippen LogP contribution in [0.5, 0.6) is 0 Å². The molecular formula is C14H16ClFN2O3. The van der Waals surface area contributed by atoms with Crippen molar-refractivity contribution in [1.82, 2.24) is 9.80 Å². The molecule has 7 heteroatoms. The number of carbonyl (C=O) groups excluding carboxylic acids is 1. The fourth-order valence-electron chi connectivity index (χ4n) is 2.31. The highest BCUT2D eigenvalue weighted by atomic mass is 35.5. The van der Waals surface area contributed by atoms with E-state index in [-0.39, 0.29) is 16.5 Å². The monoisotopic (exact) mass is 314 g/mol. The number of aliphatic carboxylic acids is 1. The lowest BCUT2D eigenvalue weighted by Crippen LogP contribution is -2.53. The summed E-state index contributed by atoms with van der Waals surface area (Å²) in [5.74, 6) is -1.84. The fourth-order valence-corrected chi connectivity index (χ4v) is 2.51. The number of rotatable bonds is 3. The summed E-state index contributed by atoms with van der Waals surface area (Å²) in [6, 6.07) is 3.54. The van der Waals surface area contributed by atoms with Crippen LogP contribution in [0.1, 0.15) is 17.3 Å². The van der Waals surface area contributed by atoms with Crippen molar-refractivity contribution in [3.05, 3.63) is 34.6 Å². The van der Waals surface area contributed by atoms with E-state index in [1.165, 1.54) is 18.2 Å². The molecule has 1 aliphatic rings. The maximum atomic E-state index is 13.4. The molecule has 0 aliphatic carbocycles. The van der Waals surface area contributed by atoms with E-state index >= 15 is 0 Å². The smallest absolute Gasteiger partial charge is 0.320 e. The van der Waals surface area contributed by atoms with Crippen LogP contribution < -0.4 is 0 Å². The Balaban J connectivity index is 2.04. The molecule has 1 aromatic carbocycles. The SMILES string of the molecule is CC(C(=O)O)N1CCN(C(=O)c2cccc(F)c2Cl)CC1. The summed E-state index contributed by atoms with van der Waals surface area (Å²) in [5, 5.41) is 8.80. The molecule has 1 aromatic rings. The van der Waals surface area contributed by atoms with Crippen LogP contribution in [0.15, 0.2) is 18.2 Å². The van der Waals surface area contributed by atoms with Crippen molar-refractivity contribution >= 4 is 23.5 Å². The van der Waals surface area contributed by atoms with Gasteiger partial charge in [-0.3, -0.25) is 14.5 Å². The van der Waals surface area contributed by atoms with Crippen LogP contribution in [-0.4, -0.2) is 59.0 Å². The zero-order valence-electron chi connectivity index (χ0n) is 11.6. The molecule has 0 saturated carbocycles. The Morgan fingerprint density at radius 1 is 1.29 bits per heavy atom. The lowest BCUT2D eigenvalue weighted by molar-refractivity contribution is -0.143. The van der Waals surface area contributed by atoms with E-state index in [2.05, 4.69) is 0 Å². The Hall–Kier alpha value is -1.66. The second kappa shape index (κ2) is 6.41. The summed E-state index contributed by atoms with van der Waals surface area (Å²) < 4.78 is 13.4. The maximum absolute atomic E-state index is 13.4. The number of nitrogens with zero attached hydrogens (tertiary/aromatic N) is 2. The third kappa shape index (κ3) is 3.33. The molecule has 1 aliphatic heterocycles. The number of amides is 1. The molecular weight excluding hydrogens is 299 g/mol. The normalized spacial score (nSPS) is 17.6. The fraction of sp³-hybridized carbons (Fsp3) is 0.429. The van der Waals surface area contributed by atoms with Gasteiger partial charge in [0.1, 0.15) is 11.9 Å². The van der Waals surface area contributed by atoms with Gasteiger partial charge in [0.15, 0.2) is 0 Å².